The van der Waals surface area contributed by atoms with Gasteiger partial charge in [-0.15, -0.1) is 0 Å². The van der Waals surface area contributed by atoms with E-state index in [2.05, 4.69) is 0 Å². The summed E-state index contributed by atoms with van der Waals surface area (Å²) in [6.07, 6.45) is 2.07. The zero-order valence-corrected chi connectivity index (χ0v) is 19.4. The van der Waals surface area contributed by atoms with Crippen LogP contribution < -0.4 is 0 Å². The molecule has 0 unspecified atom stereocenters. The van der Waals surface area contributed by atoms with Gasteiger partial charge in [-0.2, -0.15) is 0 Å². The first-order valence-corrected chi connectivity index (χ1v) is 11.7. The van der Waals surface area contributed by atoms with Crippen molar-refractivity contribution in [2.75, 3.05) is 6.61 Å². The molecule has 0 spiro atoms. The highest BCUT2D eigenvalue weighted by Gasteiger charge is 2.28. The summed E-state index contributed by atoms with van der Waals surface area (Å²) >= 11 is 0. The molecule has 0 bridgehead atoms. The Hall–Kier alpha value is -3.32. The molecule has 3 aromatic rings. The SMILES string of the molecule is CCOCc1ccc(C2CCC(OC(=O)c3ccc(-c4ccc(O)cc4)c(F)c3F)CC2)cc1F. The van der Waals surface area contributed by atoms with Crippen molar-refractivity contribution in [1.29, 1.82) is 0 Å². The number of esters is 1. The number of halogens is 3. The van der Waals surface area contributed by atoms with E-state index in [1.54, 1.807) is 12.1 Å². The van der Waals surface area contributed by atoms with Gasteiger partial charge in [0.2, 0.25) is 0 Å². The minimum Gasteiger partial charge on any atom is -0.508 e. The Morgan fingerprint density at radius 1 is 0.943 bits per heavy atom. The van der Waals surface area contributed by atoms with Gasteiger partial charge in [-0.25, -0.2) is 18.0 Å². The molecule has 0 saturated heterocycles. The van der Waals surface area contributed by atoms with Crippen LogP contribution in [0.3, 0.4) is 0 Å². The van der Waals surface area contributed by atoms with Gasteiger partial charge in [0.15, 0.2) is 11.6 Å². The molecule has 0 aliphatic heterocycles. The molecule has 1 fully saturated rings. The molecule has 35 heavy (non-hydrogen) atoms. The molecule has 184 valence electrons. The average Bonchev–Trinajstić information content (AvgIpc) is 2.86. The van der Waals surface area contributed by atoms with E-state index in [1.807, 2.05) is 13.0 Å². The van der Waals surface area contributed by atoms with Crippen molar-refractivity contribution < 1.29 is 32.5 Å². The zero-order chi connectivity index (χ0) is 24.9. The van der Waals surface area contributed by atoms with E-state index in [4.69, 9.17) is 9.47 Å². The Labute approximate surface area is 202 Å². The summed E-state index contributed by atoms with van der Waals surface area (Å²) in [5.41, 5.74) is 1.31. The smallest absolute Gasteiger partial charge is 0.341 e. The first kappa shape index (κ1) is 24.8. The normalized spacial score (nSPS) is 17.8. The Bertz CT molecular complexity index is 1190. The zero-order valence-electron chi connectivity index (χ0n) is 19.4. The molecule has 0 heterocycles. The fourth-order valence-electron chi connectivity index (χ4n) is 4.45. The van der Waals surface area contributed by atoms with Gasteiger partial charge in [-0.1, -0.05) is 30.3 Å². The monoisotopic (exact) mass is 484 g/mol. The number of hydrogen-bond donors (Lipinski definition) is 1. The quantitative estimate of drug-likeness (QED) is 0.371. The number of ether oxygens (including phenoxy) is 2. The lowest BCUT2D eigenvalue weighted by Gasteiger charge is -2.29. The predicted octanol–water partition coefficient (Wildman–Crippen LogP) is 6.90. The highest BCUT2D eigenvalue weighted by atomic mass is 19.2. The Morgan fingerprint density at radius 2 is 1.66 bits per heavy atom. The standard InChI is InChI=1S/C28H27F3O4/c1-2-34-16-20-4-3-19(15-25(20)29)17-7-11-22(12-8-17)35-28(33)24-14-13-23(26(30)27(24)31)18-5-9-21(32)10-6-18/h3-6,9-10,13-15,17,22,32H,2,7-8,11-12,16H2,1H3. The van der Waals surface area contributed by atoms with E-state index >= 15 is 0 Å². The molecular formula is C28H27F3O4. The molecule has 1 N–H and O–H groups in total. The second-order valence-electron chi connectivity index (χ2n) is 8.70. The first-order valence-electron chi connectivity index (χ1n) is 11.7. The van der Waals surface area contributed by atoms with Crippen molar-refractivity contribution in [2.24, 2.45) is 0 Å². The van der Waals surface area contributed by atoms with Gasteiger partial charge < -0.3 is 14.6 Å². The van der Waals surface area contributed by atoms with Crippen molar-refractivity contribution in [2.45, 2.75) is 51.2 Å². The predicted molar refractivity (Wildman–Crippen MR) is 126 cm³/mol. The minimum atomic E-state index is -1.27. The van der Waals surface area contributed by atoms with Crippen LogP contribution in [-0.2, 0) is 16.1 Å². The highest BCUT2D eigenvalue weighted by molar-refractivity contribution is 5.90. The Morgan fingerprint density at radius 3 is 2.31 bits per heavy atom. The number of phenolic OH excluding ortho intramolecular Hbond substituents is 1. The van der Waals surface area contributed by atoms with Gasteiger partial charge in [-0.3, -0.25) is 0 Å². The number of carbonyl (C=O) groups excluding carboxylic acids is 1. The molecule has 1 saturated carbocycles. The number of benzene rings is 3. The van der Waals surface area contributed by atoms with Crippen molar-refractivity contribution in [3.05, 3.63) is 88.7 Å². The lowest BCUT2D eigenvalue weighted by molar-refractivity contribution is 0.0189. The molecule has 4 nitrogen and oxygen atoms in total. The molecule has 0 radical (unpaired) electrons. The number of hydrogen-bond acceptors (Lipinski definition) is 4. The van der Waals surface area contributed by atoms with E-state index < -0.39 is 29.3 Å². The number of carbonyl (C=O) groups is 1. The molecule has 7 heteroatoms. The molecule has 3 aromatic carbocycles. The minimum absolute atomic E-state index is 0.00766. The number of rotatable bonds is 7. The molecule has 0 atom stereocenters. The van der Waals surface area contributed by atoms with Crippen LogP contribution in [0.2, 0.25) is 0 Å². The Kier molecular flexibility index (Phi) is 7.76. The summed E-state index contributed by atoms with van der Waals surface area (Å²) in [6, 6.07) is 13.4. The summed E-state index contributed by atoms with van der Waals surface area (Å²) < 4.78 is 54.5. The number of phenols is 1. The fraction of sp³-hybridized carbons (Fsp3) is 0.321. The maximum atomic E-state index is 14.7. The van der Waals surface area contributed by atoms with Crippen LogP contribution in [0.1, 0.15) is 60.0 Å². The maximum absolute atomic E-state index is 14.7. The lowest BCUT2D eigenvalue weighted by atomic mass is 9.82. The third-order valence-corrected chi connectivity index (χ3v) is 6.44. The molecular weight excluding hydrogens is 457 g/mol. The van der Waals surface area contributed by atoms with Crippen molar-refractivity contribution in [1.82, 2.24) is 0 Å². The number of aromatic hydroxyl groups is 1. The third-order valence-electron chi connectivity index (χ3n) is 6.44. The van der Waals surface area contributed by atoms with Crippen molar-refractivity contribution in [3.8, 4) is 16.9 Å². The van der Waals surface area contributed by atoms with Gasteiger partial charge in [0, 0.05) is 17.7 Å². The second kappa shape index (κ2) is 11.0. The van der Waals surface area contributed by atoms with Crippen LogP contribution in [0.4, 0.5) is 13.2 Å². The van der Waals surface area contributed by atoms with Crippen LogP contribution in [0.25, 0.3) is 11.1 Å². The van der Waals surface area contributed by atoms with Gasteiger partial charge in [-0.05, 0) is 73.9 Å². The third kappa shape index (κ3) is 5.68. The van der Waals surface area contributed by atoms with Crippen LogP contribution in [0.5, 0.6) is 5.75 Å². The summed E-state index contributed by atoms with van der Waals surface area (Å²) in [4.78, 5) is 12.6. The topological polar surface area (TPSA) is 55.8 Å². The molecule has 0 aromatic heterocycles. The molecule has 1 aliphatic rings. The molecule has 0 amide bonds. The second-order valence-corrected chi connectivity index (χ2v) is 8.70. The molecule has 1 aliphatic carbocycles. The van der Waals surface area contributed by atoms with Crippen molar-refractivity contribution >= 4 is 5.97 Å². The van der Waals surface area contributed by atoms with E-state index in [-0.39, 0.29) is 29.7 Å². The lowest BCUT2D eigenvalue weighted by Crippen LogP contribution is -2.24. The van der Waals surface area contributed by atoms with E-state index in [0.717, 1.165) is 5.56 Å². The summed E-state index contributed by atoms with van der Waals surface area (Å²) in [5.74, 6) is -3.47. The van der Waals surface area contributed by atoms with Crippen LogP contribution in [0.15, 0.2) is 54.6 Å². The van der Waals surface area contributed by atoms with E-state index in [9.17, 15) is 23.1 Å². The van der Waals surface area contributed by atoms with Gasteiger partial charge >= 0.3 is 5.97 Å². The van der Waals surface area contributed by atoms with Crippen LogP contribution >= 0.6 is 0 Å². The van der Waals surface area contributed by atoms with E-state index in [0.29, 0.717) is 43.4 Å². The summed E-state index contributed by atoms with van der Waals surface area (Å²) in [5, 5.41) is 9.38. The van der Waals surface area contributed by atoms with Gasteiger partial charge in [0.1, 0.15) is 17.7 Å². The summed E-state index contributed by atoms with van der Waals surface area (Å²) in [6.45, 7) is 2.61. The average molecular weight is 485 g/mol. The summed E-state index contributed by atoms with van der Waals surface area (Å²) in [7, 11) is 0. The fourth-order valence-corrected chi connectivity index (χ4v) is 4.45. The van der Waals surface area contributed by atoms with Crippen molar-refractivity contribution in [3.63, 3.8) is 0 Å². The van der Waals surface area contributed by atoms with Gasteiger partial charge in [0.25, 0.3) is 0 Å². The Balaban J connectivity index is 1.37. The first-order chi connectivity index (χ1) is 16.9. The maximum Gasteiger partial charge on any atom is 0.341 e. The molecule has 4 rings (SSSR count). The van der Waals surface area contributed by atoms with Gasteiger partial charge in [0.05, 0.1) is 12.2 Å². The van der Waals surface area contributed by atoms with Crippen LogP contribution in [0, 0.1) is 17.5 Å². The highest BCUT2D eigenvalue weighted by Crippen LogP contribution is 2.35. The van der Waals surface area contributed by atoms with E-state index in [1.165, 1.54) is 36.4 Å². The van der Waals surface area contributed by atoms with Crippen LogP contribution in [-0.4, -0.2) is 23.8 Å². The largest absolute Gasteiger partial charge is 0.508 e.